The maximum absolute atomic E-state index is 10.5. The van der Waals surface area contributed by atoms with Crippen LogP contribution in [0, 0.1) is 0 Å². The van der Waals surface area contributed by atoms with Crippen LogP contribution in [0.25, 0.3) is 5.82 Å². The van der Waals surface area contributed by atoms with Crippen LogP contribution >= 0.6 is 0 Å². The number of carboxylic acid groups (broad SMARTS) is 1. The summed E-state index contributed by atoms with van der Waals surface area (Å²) in [7, 11) is 0. The molecule has 0 bridgehead atoms. The average molecular weight is 191 g/mol. The Bertz CT molecular complexity index is 436. The molecule has 0 fully saturated rings. The largest absolute Gasteiger partial charge is 0.478 e. The van der Waals surface area contributed by atoms with Crippen LogP contribution in [0.5, 0.6) is 0 Å². The van der Waals surface area contributed by atoms with Crippen LogP contribution in [0.2, 0.25) is 0 Å². The Kier molecular flexibility index (Phi) is 1.90. The van der Waals surface area contributed by atoms with E-state index in [1.54, 1.807) is 0 Å². The molecule has 2 heterocycles. The highest BCUT2D eigenvalue weighted by molar-refractivity contribution is 5.87. The van der Waals surface area contributed by atoms with Crippen molar-refractivity contribution in [3.8, 4) is 5.82 Å². The standard InChI is InChI=1S/C7H5N5O2/c13-7(14)5-1-2-6(8-3-5)12-4-9-10-11-12/h1-4H,(H,13,14). The van der Waals surface area contributed by atoms with Crippen molar-refractivity contribution >= 4 is 5.97 Å². The van der Waals surface area contributed by atoms with Gasteiger partial charge < -0.3 is 5.11 Å². The first kappa shape index (κ1) is 8.30. The number of tetrazole rings is 1. The summed E-state index contributed by atoms with van der Waals surface area (Å²) in [5.74, 6) is -0.541. The molecule has 2 aromatic heterocycles. The molecule has 2 rings (SSSR count). The van der Waals surface area contributed by atoms with Gasteiger partial charge in [-0.2, -0.15) is 4.68 Å². The zero-order chi connectivity index (χ0) is 9.97. The number of hydrogen-bond donors (Lipinski definition) is 1. The average Bonchev–Trinajstić information content (AvgIpc) is 2.71. The Morgan fingerprint density at radius 3 is 2.79 bits per heavy atom. The molecule has 0 aliphatic heterocycles. The van der Waals surface area contributed by atoms with Gasteiger partial charge >= 0.3 is 5.97 Å². The lowest BCUT2D eigenvalue weighted by Crippen LogP contribution is -2.01. The van der Waals surface area contributed by atoms with Crippen LogP contribution in [-0.2, 0) is 0 Å². The third kappa shape index (κ3) is 1.42. The van der Waals surface area contributed by atoms with Crippen molar-refractivity contribution in [2.75, 3.05) is 0 Å². The van der Waals surface area contributed by atoms with E-state index < -0.39 is 5.97 Å². The molecule has 70 valence electrons. The van der Waals surface area contributed by atoms with Gasteiger partial charge in [0.05, 0.1) is 5.56 Å². The fourth-order valence-electron chi connectivity index (χ4n) is 0.914. The summed E-state index contributed by atoms with van der Waals surface area (Å²) < 4.78 is 1.34. The molecule has 0 amide bonds. The topological polar surface area (TPSA) is 93.8 Å². The number of hydrogen-bond acceptors (Lipinski definition) is 5. The smallest absolute Gasteiger partial charge is 0.337 e. The van der Waals surface area contributed by atoms with Crippen LogP contribution in [0.15, 0.2) is 24.7 Å². The van der Waals surface area contributed by atoms with E-state index in [4.69, 9.17) is 5.11 Å². The molecule has 0 saturated carbocycles. The van der Waals surface area contributed by atoms with Crippen molar-refractivity contribution in [2.24, 2.45) is 0 Å². The normalized spacial score (nSPS) is 10.0. The number of carboxylic acids is 1. The fraction of sp³-hybridized carbons (Fsp3) is 0. The van der Waals surface area contributed by atoms with Crippen molar-refractivity contribution in [1.82, 2.24) is 25.2 Å². The van der Waals surface area contributed by atoms with Crippen molar-refractivity contribution < 1.29 is 9.90 Å². The molecule has 14 heavy (non-hydrogen) atoms. The van der Waals surface area contributed by atoms with Gasteiger partial charge in [0.1, 0.15) is 6.33 Å². The first-order valence-corrected chi connectivity index (χ1v) is 3.70. The van der Waals surface area contributed by atoms with Gasteiger partial charge in [0.15, 0.2) is 5.82 Å². The molecule has 0 aliphatic carbocycles. The molecule has 0 radical (unpaired) electrons. The molecular formula is C7H5N5O2. The van der Waals surface area contributed by atoms with Gasteiger partial charge in [0.25, 0.3) is 0 Å². The van der Waals surface area contributed by atoms with Gasteiger partial charge in [0, 0.05) is 6.20 Å². The number of carbonyl (C=O) groups is 1. The predicted octanol–water partition coefficient (Wildman–Crippen LogP) is -0.245. The van der Waals surface area contributed by atoms with Crippen molar-refractivity contribution in [2.45, 2.75) is 0 Å². The van der Waals surface area contributed by atoms with E-state index in [1.807, 2.05) is 0 Å². The molecule has 0 aliphatic rings. The van der Waals surface area contributed by atoms with Gasteiger partial charge in [-0.25, -0.2) is 9.78 Å². The second-order valence-electron chi connectivity index (χ2n) is 2.46. The third-order valence-corrected chi connectivity index (χ3v) is 1.58. The fourth-order valence-corrected chi connectivity index (χ4v) is 0.914. The van der Waals surface area contributed by atoms with Crippen molar-refractivity contribution in [1.29, 1.82) is 0 Å². The van der Waals surface area contributed by atoms with Gasteiger partial charge in [-0.1, -0.05) is 0 Å². The summed E-state index contributed by atoms with van der Waals surface area (Å²) in [5.41, 5.74) is 0.127. The van der Waals surface area contributed by atoms with E-state index in [1.165, 1.54) is 29.3 Å². The maximum atomic E-state index is 10.5. The van der Waals surface area contributed by atoms with E-state index >= 15 is 0 Å². The van der Waals surface area contributed by atoms with Crippen LogP contribution in [0.3, 0.4) is 0 Å². The first-order valence-electron chi connectivity index (χ1n) is 3.70. The SMILES string of the molecule is O=C(O)c1ccc(-n2cnnn2)nc1. The molecule has 0 aromatic carbocycles. The number of aromatic nitrogens is 5. The van der Waals surface area contributed by atoms with Crippen LogP contribution in [0.4, 0.5) is 0 Å². The Balaban J connectivity index is 2.36. The highest BCUT2D eigenvalue weighted by Gasteiger charge is 2.04. The Morgan fingerprint density at radius 1 is 1.43 bits per heavy atom. The molecule has 2 aromatic rings. The van der Waals surface area contributed by atoms with Gasteiger partial charge in [0.2, 0.25) is 0 Å². The molecule has 0 unspecified atom stereocenters. The second kappa shape index (κ2) is 3.21. The molecular weight excluding hydrogens is 186 g/mol. The molecule has 0 saturated heterocycles. The molecule has 0 atom stereocenters. The predicted molar refractivity (Wildman–Crippen MR) is 43.9 cm³/mol. The van der Waals surface area contributed by atoms with Crippen LogP contribution in [0.1, 0.15) is 10.4 Å². The van der Waals surface area contributed by atoms with Crippen molar-refractivity contribution in [3.05, 3.63) is 30.2 Å². The maximum Gasteiger partial charge on any atom is 0.337 e. The lowest BCUT2D eigenvalue weighted by atomic mass is 10.3. The Labute approximate surface area is 78.0 Å². The molecule has 1 N–H and O–H groups in total. The summed E-state index contributed by atoms with van der Waals surface area (Å²) in [4.78, 5) is 14.4. The van der Waals surface area contributed by atoms with Gasteiger partial charge in [-0.15, -0.1) is 5.10 Å². The first-order chi connectivity index (χ1) is 6.77. The molecule has 0 spiro atoms. The van der Waals surface area contributed by atoms with E-state index in [0.717, 1.165) is 0 Å². The van der Waals surface area contributed by atoms with E-state index in [0.29, 0.717) is 5.82 Å². The van der Waals surface area contributed by atoms with Crippen molar-refractivity contribution in [3.63, 3.8) is 0 Å². The summed E-state index contributed by atoms with van der Waals surface area (Å²) >= 11 is 0. The zero-order valence-electron chi connectivity index (χ0n) is 6.90. The summed E-state index contributed by atoms with van der Waals surface area (Å²) in [6.07, 6.45) is 2.63. The Hall–Kier alpha value is -2.31. The van der Waals surface area contributed by atoms with E-state index in [-0.39, 0.29) is 5.56 Å². The zero-order valence-corrected chi connectivity index (χ0v) is 6.90. The summed E-state index contributed by atoms with van der Waals surface area (Å²) in [6.45, 7) is 0. The highest BCUT2D eigenvalue weighted by atomic mass is 16.4. The number of nitrogens with zero attached hydrogens (tertiary/aromatic N) is 5. The minimum atomic E-state index is -1.01. The lowest BCUT2D eigenvalue weighted by Gasteiger charge is -1.97. The van der Waals surface area contributed by atoms with Crippen LogP contribution < -0.4 is 0 Å². The summed E-state index contributed by atoms with van der Waals surface area (Å²) in [6, 6.07) is 2.96. The number of aromatic carboxylic acids is 1. The molecule has 7 nitrogen and oxygen atoms in total. The lowest BCUT2D eigenvalue weighted by molar-refractivity contribution is 0.0696. The number of pyridine rings is 1. The number of rotatable bonds is 2. The van der Waals surface area contributed by atoms with Gasteiger partial charge in [-0.3, -0.25) is 0 Å². The van der Waals surface area contributed by atoms with E-state index in [9.17, 15) is 4.79 Å². The Morgan fingerprint density at radius 2 is 2.29 bits per heavy atom. The third-order valence-electron chi connectivity index (χ3n) is 1.58. The minimum absolute atomic E-state index is 0.127. The van der Waals surface area contributed by atoms with E-state index in [2.05, 4.69) is 20.5 Å². The second-order valence-corrected chi connectivity index (χ2v) is 2.46. The highest BCUT2D eigenvalue weighted by Crippen LogP contribution is 2.02. The quantitative estimate of drug-likeness (QED) is 0.703. The monoisotopic (exact) mass is 191 g/mol. The molecule has 7 heteroatoms. The van der Waals surface area contributed by atoms with Crippen LogP contribution in [-0.4, -0.2) is 36.3 Å². The minimum Gasteiger partial charge on any atom is -0.478 e. The summed E-state index contributed by atoms with van der Waals surface area (Å²) in [5, 5.41) is 19.1. The van der Waals surface area contributed by atoms with Gasteiger partial charge in [-0.05, 0) is 22.6 Å².